The predicted molar refractivity (Wildman–Crippen MR) is 59.9 cm³/mol. The highest BCUT2D eigenvalue weighted by Gasteiger charge is 2.07. The number of benzene rings is 1. The summed E-state index contributed by atoms with van der Waals surface area (Å²) in [5, 5.41) is 11.5. The van der Waals surface area contributed by atoms with Crippen LogP contribution in [0.3, 0.4) is 0 Å². The third-order valence-electron chi connectivity index (χ3n) is 1.93. The minimum absolute atomic E-state index is 0.189. The largest absolute Gasteiger partial charge is 0.269 e. The number of alkyl halides is 1. The molecule has 0 radical (unpaired) electrons. The van der Waals surface area contributed by atoms with Crippen molar-refractivity contribution >= 4 is 21.6 Å². The molecule has 0 aliphatic carbocycles. The van der Waals surface area contributed by atoms with Crippen LogP contribution in [0, 0.1) is 17.0 Å². The van der Waals surface area contributed by atoms with E-state index in [1.54, 1.807) is 12.1 Å². The van der Waals surface area contributed by atoms with E-state index in [0.29, 0.717) is 0 Å². The molecule has 1 rings (SSSR count). The van der Waals surface area contributed by atoms with Crippen molar-refractivity contribution < 1.29 is 4.92 Å². The van der Waals surface area contributed by atoms with Gasteiger partial charge in [0, 0.05) is 17.5 Å². The first kappa shape index (κ1) is 11.2. The molecule has 4 heteroatoms. The third-order valence-corrected chi connectivity index (χ3v) is 2.49. The Hall–Kier alpha value is -0.900. The fraction of sp³-hybridized carbons (Fsp3) is 0.400. The van der Waals surface area contributed by atoms with Gasteiger partial charge in [0.25, 0.3) is 5.69 Å². The molecule has 0 aliphatic rings. The molecular formula is C10H12BrNO2. The summed E-state index contributed by atoms with van der Waals surface area (Å²) in [6.07, 6.45) is 1.88. The van der Waals surface area contributed by atoms with Gasteiger partial charge in [0.05, 0.1) is 4.92 Å². The van der Waals surface area contributed by atoms with E-state index in [0.717, 1.165) is 29.3 Å². The molecule has 0 saturated carbocycles. The standard InChI is InChI=1S/C10H12BrNO2/c1-8-5-9(3-2-4-11)7-10(6-8)12(13)14/h5-7H,2-4H2,1H3. The molecule has 0 N–H and O–H groups in total. The van der Waals surface area contributed by atoms with E-state index in [4.69, 9.17) is 0 Å². The van der Waals surface area contributed by atoms with Gasteiger partial charge >= 0.3 is 0 Å². The SMILES string of the molecule is Cc1cc(CCCBr)cc([N+](=O)[O-])c1. The Balaban J connectivity index is 2.89. The molecule has 0 bridgehead atoms. The van der Waals surface area contributed by atoms with Crippen molar-refractivity contribution in [1.29, 1.82) is 0 Å². The maximum atomic E-state index is 10.6. The summed E-state index contributed by atoms with van der Waals surface area (Å²) in [7, 11) is 0. The second-order valence-electron chi connectivity index (χ2n) is 3.23. The Bertz CT molecular complexity index is 339. The molecule has 0 aromatic heterocycles. The lowest BCUT2D eigenvalue weighted by Gasteiger charge is -2.01. The van der Waals surface area contributed by atoms with Gasteiger partial charge in [-0.15, -0.1) is 0 Å². The van der Waals surface area contributed by atoms with E-state index in [2.05, 4.69) is 15.9 Å². The van der Waals surface area contributed by atoms with Crippen molar-refractivity contribution in [2.24, 2.45) is 0 Å². The number of rotatable bonds is 4. The highest BCUT2D eigenvalue weighted by Crippen LogP contribution is 2.17. The van der Waals surface area contributed by atoms with Gasteiger partial charge in [-0.3, -0.25) is 10.1 Å². The summed E-state index contributed by atoms with van der Waals surface area (Å²) in [4.78, 5) is 10.2. The van der Waals surface area contributed by atoms with Crippen molar-refractivity contribution in [3.05, 3.63) is 39.4 Å². The number of aryl methyl sites for hydroxylation is 2. The lowest BCUT2D eigenvalue weighted by molar-refractivity contribution is -0.385. The first-order valence-corrected chi connectivity index (χ1v) is 5.56. The Morgan fingerprint density at radius 3 is 2.71 bits per heavy atom. The van der Waals surface area contributed by atoms with Gasteiger partial charge in [0.2, 0.25) is 0 Å². The fourth-order valence-corrected chi connectivity index (χ4v) is 1.64. The minimum Gasteiger partial charge on any atom is -0.258 e. The monoisotopic (exact) mass is 257 g/mol. The van der Waals surface area contributed by atoms with Crippen LogP contribution in [0.5, 0.6) is 0 Å². The molecule has 0 spiro atoms. The van der Waals surface area contributed by atoms with E-state index < -0.39 is 0 Å². The van der Waals surface area contributed by atoms with Gasteiger partial charge in [-0.25, -0.2) is 0 Å². The van der Waals surface area contributed by atoms with Crippen molar-refractivity contribution in [2.75, 3.05) is 5.33 Å². The van der Waals surface area contributed by atoms with E-state index in [9.17, 15) is 10.1 Å². The van der Waals surface area contributed by atoms with Crippen molar-refractivity contribution in [2.45, 2.75) is 19.8 Å². The molecule has 0 amide bonds. The van der Waals surface area contributed by atoms with Gasteiger partial charge in [0.1, 0.15) is 0 Å². The van der Waals surface area contributed by atoms with Crippen LogP contribution in [0.25, 0.3) is 0 Å². The lowest BCUT2D eigenvalue weighted by atomic mass is 10.1. The average Bonchev–Trinajstić information content (AvgIpc) is 2.14. The van der Waals surface area contributed by atoms with Crippen LogP contribution in [0.2, 0.25) is 0 Å². The molecule has 0 atom stereocenters. The molecule has 0 unspecified atom stereocenters. The molecule has 1 aromatic carbocycles. The van der Waals surface area contributed by atoms with Gasteiger partial charge in [-0.1, -0.05) is 22.0 Å². The normalized spacial score (nSPS) is 10.1. The zero-order valence-corrected chi connectivity index (χ0v) is 9.58. The van der Waals surface area contributed by atoms with Crippen molar-refractivity contribution in [1.82, 2.24) is 0 Å². The van der Waals surface area contributed by atoms with Crippen molar-refractivity contribution in [3.8, 4) is 0 Å². The molecule has 0 aliphatic heterocycles. The minimum atomic E-state index is -0.343. The predicted octanol–water partition coefficient (Wildman–Crippen LogP) is 3.23. The Labute approximate surface area is 91.4 Å². The molecule has 1 aromatic rings. The number of halogens is 1. The Morgan fingerprint density at radius 2 is 2.14 bits per heavy atom. The molecule has 0 heterocycles. The number of nitro benzene ring substituents is 1. The van der Waals surface area contributed by atoms with E-state index in [-0.39, 0.29) is 10.6 Å². The van der Waals surface area contributed by atoms with Crippen LogP contribution in [-0.2, 0) is 6.42 Å². The zero-order chi connectivity index (χ0) is 10.6. The number of hydrogen-bond acceptors (Lipinski definition) is 2. The molecule has 0 fully saturated rings. The molecule has 3 nitrogen and oxygen atoms in total. The van der Waals surface area contributed by atoms with Gasteiger partial charge in [-0.2, -0.15) is 0 Å². The molecular weight excluding hydrogens is 246 g/mol. The summed E-state index contributed by atoms with van der Waals surface area (Å²) in [6.45, 7) is 1.88. The average molecular weight is 258 g/mol. The number of nitro groups is 1. The smallest absolute Gasteiger partial charge is 0.258 e. The first-order chi connectivity index (χ1) is 6.63. The summed E-state index contributed by atoms with van der Waals surface area (Å²) in [5.41, 5.74) is 2.18. The van der Waals surface area contributed by atoms with Crippen LogP contribution in [0.15, 0.2) is 18.2 Å². The second-order valence-corrected chi connectivity index (χ2v) is 4.02. The molecule has 0 saturated heterocycles. The second kappa shape index (κ2) is 5.10. The summed E-state index contributed by atoms with van der Waals surface area (Å²) < 4.78 is 0. The van der Waals surface area contributed by atoms with Crippen LogP contribution < -0.4 is 0 Å². The lowest BCUT2D eigenvalue weighted by Crippen LogP contribution is -1.93. The topological polar surface area (TPSA) is 43.1 Å². The number of nitrogens with zero attached hydrogens (tertiary/aromatic N) is 1. The van der Waals surface area contributed by atoms with Gasteiger partial charge in [0.15, 0.2) is 0 Å². The number of hydrogen-bond donors (Lipinski definition) is 0. The third kappa shape index (κ3) is 3.10. The highest BCUT2D eigenvalue weighted by molar-refractivity contribution is 9.09. The van der Waals surface area contributed by atoms with E-state index >= 15 is 0 Å². The summed E-state index contributed by atoms with van der Waals surface area (Å²) in [5.74, 6) is 0. The summed E-state index contributed by atoms with van der Waals surface area (Å²) in [6, 6.07) is 5.24. The zero-order valence-electron chi connectivity index (χ0n) is 8.00. The maximum absolute atomic E-state index is 10.6. The first-order valence-electron chi connectivity index (χ1n) is 4.44. The fourth-order valence-electron chi connectivity index (χ4n) is 1.36. The number of non-ortho nitro benzene ring substituents is 1. The van der Waals surface area contributed by atoms with Gasteiger partial charge in [-0.05, 0) is 30.9 Å². The molecule has 76 valence electrons. The van der Waals surface area contributed by atoms with Crippen LogP contribution in [0.1, 0.15) is 17.5 Å². The molecule has 14 heavy (non-hydrogen) atoms. The van der Waals surface area contributed by atoms with Crippen LogP contribution >= 0.6 is 15.9 Å². The Morgan fingerprint density at radius 1 is 1.43 bits per heavy atom. The Kier molecular flexibility index (Phi) is 4.07. The van der Waals surface area contributed by atoms with Crippen LogP contribution in [-0.4, -0.2) is 10.3 Å². The van der Waals surface area contributed by atoms with E-state index in [1.807, 2.05) is 13.0 Å². The quantitative estimate of drug-likeness (QED) is 0.472. The summed E-state index contributed by atoms with van der Waals surface area (Å²) >= 11 is 3.34. The van der Waals surface area contributed by atoms with Crippen molar-refractivity contribution in [3.63, 3.8) is 0 Å². The van der Waals surface area contributed by atoms with Crippen LogP contribution in [0.4, 0.5) is 5.69 Å². The maximum Gasteiger partial charge on any atom is 0.269 e. The van der Waals surface area contributed by atoms with E-state index in [1.165, 1.54) is 0 Å². The van der Waals surface area contributed by atoms with Gasteiger partial charge < -0.3 is 0 Å². The highest BCUT2D eigenvalue weighted by atomic mass is 79.9.